The molecule has 0 bridgehead atoms. The highest BCUT2D eigenvalue weighted by Gasteiger charge is 2.17. The van der Waals surface area contributed by atoms with Gasteiger partial charge in [-0.05, 0) is 44.5 Å². The maximum Gasteiger partial charge on any atom is 0.0708 e. The van der Waals surface area contributed by atoms with Crippen LogP contribution in [0, 0.1) is 6.92 Å². The van der Waals surface area contributed by atoms with Gasteiger partial charge in [-0.1, -0.05) is 18.2 Å². The number of benzene rings is 1. The molecule has 1 saturated heterocycles. The molecule has 3 heteroatoms. The maximum atomic E-state index is 4.64. The molecule has 0 saturated carbocycles. The zero-order valence-electron chi connectivity index (χ0n) is 12.4. The van der Waals surface area contributed by atoms with Crippen molar-refractivity contribution < 1.29 is 0 Å². The van der Waals surface area contributed by atoms with Crippen LogP contribution in [0.15, 0.2) is 30.3 Å². The van der Waals surface area contributed by atoms with E-state index in [2.05, 4.69) is 59.4 Å². The fourth-order valence-electron chi connectivity index (χ4n) is 3.04. The lowest BCUT2D eigenvalue weighted by molar-refractivity contribution is 0.212. The molecular weight excluding hydrogens is 246 g/mol. The Kier molecular flexibility index (Phi) is 3.99. The van der Waals surface area contributed by atoms with Gasteiger partial charge in [-0.25, -0.2) is 0 Å². The number of hydrogen-bond donors (Lipinski definition) is 1. The first kappa shape index (κ1) is 13.5. The number of fused-ring (bicyclic) bond motifs is 1. The Morgan fingerprint density at radius 2 is 2.15 bits per heavy atom. The third-order valence-electron chi connectivity index (χ3n) is 4.24. The normalized spacial score (nSPS) is 21.0. The lowest BCUT2D eigenvalue weighted by atomic mass is 10.1. The van der Waals surface area contributed by atoms with Crippen molar-refractivity contribution in [3.63, 3.8) is 0 Å². The molecule has 1 unspecified atom stereocenters. The van der Waals surface area contributed by atoms with Crippen LogP contribution in [0.4, 0.5) is 0 Å². The maximum absolute atomic E-state index is 4.64. The molecule has 106 valence electrons. The summed E-state index contributed by atoms with van der Waals surface area (Å²) in [6.07, 6.45) is 1.22. The SMILES string of the molecule is Cc1cc(CN2CCNCCC2C)c2ccccc2n1. The van der Waals surface area contributed by atoms with Crippen molar-refractivity contribution in [2.75, 3.05) is 19.6 Å². The molecule has 0 radical (unpaired) electrons. The van der Waals surface area contributed by atoms with Gasteiger partial charge in [0.2, 0.25) is 0 Å². The van der Waals surface area contributed by atoms with Crippen molar-refractivity contribution in [3.8, 4) is 0 Å². The van der Waals surface area contributed by atoms with E-state index >= 15 is 0 Å². The Labute approximate surface area is 121 Å². The zero-order valence-corrected chi connectivity index (χ0v) is 12.4. The van der Waals surface area contributed by atoms with Gasteiger partial charge in [0.05, 0.1) is 5.52 Å². The summed E-state index contributed by atoms with van der Waals surface area (Å²) in [5.74, 6) is 0. The predicted molar refractivity (Wildman–Crippen MR) is 83.8 cm³/mol. The fraction of sp³-hybridized carbons (Fsp3) is 0.471. The second-order valence-electron chi connectivity index (χ2n) is 5.80. The molecule has 1 aromatic heterocycles. The van der Waals surface area contributed by atoms with Crippen LogP contribution in [-0.2, 0) is 6.54 Å². The van der Waals surface area contributed by atoms with E-state index in [4.69, 9.17) is 0 Å². The number of rotatable bonds is 2. The van der Waals surface area contributed by atoms with Gasteiger partial charge in [0.1, 0.15) is 0 Å². The number of nitrogens with zero attached hydrogens (tertiary/aromatic N) is 2. The lowest BCUT2D eigenvalue weighted by Crippen LogP contribution is -2.33. The molecule has 0 aliphatic carbocycles. The quantitative estimate of drug-likeness (QED) is 0.908. The highest BCUT2D eigenvalue weighted by atomic mass is 15.2. The summed E-state index contributed by atoms with van der Waals surface area (Å²) in [4.78, 5) is 7.22. The number of hydrogen-bond acceptors (Lipinski definition) is 3. The molecule has 0 spiro atoms. The van der Waals surface area contributed by atoms with Crippen LogP contribution in [0.25, 0.3) is 10.9 Å². The molecule has 2 heterocycles. The molecule has 0 amide bonds. The molecule has 3 nitrogen and oxygen atoms in total. The van der Waals surface area contributed by atoms with Crippen LogP contribution in [0.2, 0.25) is 0 Å². The summed E-state index contributed by atoms with van der Waals surface area (Å²) in [7, 11) is 0. The van der Waals surface area contributed by atoms with Crippen molar-refractivity contribution in [1.82, 2.24) is 15.2 Å². The highest BCUT2D eigenvalue weighted by molar-refractivity contribution is 5.82. The first-order chi connectivity index (χ1) is 9.74. The van der Waals surface area contributed by atoms with Gasteiger partial charge in [-0.2, -0.15) is 0 Å². The summed E-state index contributed by atoms with van der Waals surface area (Å²) in [5, 5.41) is 4.78. The largest absolute Gasteiger partial charge is 0.315 e. The molecule has 1 aromatic carbocycles. The summed E-state index contributed by atoms with van der Waals surface area (Å²) in [6, 6.07) is 11.4. The predicted octanol–water partition coefficient (Wildman–Crippen LogP) is 2.73. The summed E-state index contributed by atoms with van der Waals surface area (Å²) < 4.78 is 0. The zero-order chi connectivity index (χ0) is 13.9. The van der Waals surface area contributed by atoms with Gasteiger partial charge in [0.25, 0.3) is 0 Å². The van der Waals surface area contributed by atoms with Crippen LogP contribution >= 0.6 is 0 Å². The Hall–Kier alpha value is -1.45. The Bertz CT molecular complexity index is 594. The van der Waals surface area contributed by atoms with Crippen molar-refractivity contribution in [2.24, 2.45) is 0 Å². The van der Waals surface area contributed by atoms with Crippen LogP contribution in [0.3, 0.4) is 0 Å². The molecule has 1 fully saturated rings. The van der Waals surface area contributed by atoms with Crippen molar-refractivity contribution in [2.45, 2.75) is 32.9 Å². The molecule has 1 aliphatic heterocycles. The standard InChI is InChI=1S/C17H23N3/c1-13-11-15(16-5-3-4-6-17(16)19-13)12-20-10-9-18-8-7-14(20)2/h3-6,11,14,18H,7-10,12H2,1-2H3. The van der Waals surface area contributed by atoms with Crippen molar-refractivity contribution >= 4 is 10.9 Å². The third-order valence-corrected chi connectivity index (χ3v) is 4.24. The van der Waals surface area contributed by atoms with Gasteiger partial charge in [-0.15, -0.1) is 0 Å². The van der Waals surface area contributed by atoms with Crippen LogP contribution in [0.1, 0.15) is 24.6 Å². The number of aryl methyl sites for hydroxylation is 1. The van der Waals surface area contributed by atoms with Crippen molar-refractivity contribution in [3.05, 3.63) is 41.6 Å². The Morgan fingerprint density at radius 3 is 3.05 bits per heavy atom. The van der Waals surface area contributed by atoms with E-state index in [-0.39, 0.29) is 0 Å². The van der Waals surface area contributed by atoms with Crippen LogP contribution in [0.5, 0.6) is 0 Å². The van der Waals surface area contributed by atoms with E-state index in [0.29, 0.717) is 6.04 Å². The minimum absolute atomic E-state index is 0.636. The third kappa shape index (κ3) is 2.84. The second-order valence-corrected chi connectivity index (χ2v) is 5.80. The molecule has 20 heavy (non-hydrogen) atoms. The summed E-state index contributed by atoms with van der Waals surface area (Å²) in [5.41, 5.74) is 3.63. The molecule has 1 N–H and O–H groups in total. The minimum atomic E-state index is 0.636. The van der Waals surface area contributed by atoms with Crippen LogP contribution < -0.4 is 5.32 Å². The molecule has 2 aromatic rings. The Morgan fingerprint density at radius 1 is 1.30 bits per heavy atom. The Balaban J connectivity index is 1.93. The first-order valence-corrected chi connectivity index (χ1v) is 7.54. The van der Waals surface area contributed by atoms with Gasteiger partial charge in [0.15, 0.2) is 0 Å². The fourth-order valence-corrected chi connectivity index (χ4v) is 3.04. The monoisotopic (exact) mass is 269 g/mol. The molecule has 3 rings (SSSR count). The van der Waals surface area contributed by atoms with E-state index in [1.165, 1.54) is 17.4 Å². The van der Waals surface area contributed by atoms with E-state index in [1.54, 1.807) is 0 Å². The number of pyridine rings is 1. The van der Waals surface area contributed by atoms with Gasteiger partial charge in [0, 0.05) is 36.8 Å². The topological polar surface area (TPSA) is 28.2 Å². The highest BCUT2D eigenvalue weighted by Crippen LogP contribution is 2.21. The van der Waals surface area contributed by atoms with Gasteiger partial charge < -0.3 is 5.32 Å². The van der Waals surface area contributed by atoms with E-state index in [9.17, 15) is 0 Å². The van der Waals surface area contributed by atoms with Gasteiger partial charge in [-0.3, -0.25) is 9.88 Å². The number of nitrogens with one attached hydrogen (secondary N) is 1. The number of para-hydroxylation sites is 1. The van der Waals surface area contributed by atoms with Crippen LogP contribution in [-0.4, -0.2) is 35.6 Å². The minimum Gasteiger partial charge on any atom is -0.315 e. The number of aromatic nitrogens is 1. The molecule has 1 atom stereocenters. The van der Waals surface area contributed by atoms with E-state index in [1.807, 2.05) is 0 Å². The average Bonchev–Trinajstić information content (AvgIpc) is 2.64. The second kappa shape index (κ2) is 5.90. The summed E-state index contributed by atoms with van der Waals surface area (Å²) in [6.45, 7) is 8.79. The molecule has 1 aliphatic rings. The first-order valence-electron chi connectivity index (χ1n) is 7.54. The van der Waals surface area contributed by atoms with Crippen molar-refractivity contribution in [1.29, 1.82) is 0 Å². The smallest absolute Gasteiger partial charge is 0.0708 e. The van der Waals surface area contributed by atoms with E-state index in [0.717, 1.165) is 37.4 Å². The lowest BCUT2D eigenvalue weighted by Gasteiger charge is -2.27. The van der Waals surface area contributed by atoms with E-state index < -0.39 is 0 Å². The average molecular weight is 269 g/mol. The summed E-state index contributed by atoms with van der Waals surface area (Å²) >= 11 is 0. The van der Waals surface area contributed by atoms with Gasteiger partial charge >= 0.3 is 0 Å². The molecular formula is C17H23N3.